The summed E-state index contributed by atoms with van der Waals surface area (Å²) in [6.45, 7) is 5.47. The molecular weight excluding hydrogens is 304 g/mol. The molecule has 0 radical (unpaired) electrons. The molecule has 0 saturated carbocycles. The minimum atomic E-state index is 0.0491. The summed E-state index contributed by atoms with van der Waals surface area (Å²) < 4.78 is 1.67. The number of aromatic nitrogens is 2. The van der Waals surface area contributed by atoms with Gasteiger partial charge in [0.25, 0.3) is 5.56 Å². The molecule has 6 heteroatoms. The lowest BCUT2D eigenvalue weighted by Gasteiger charge is -2.40. The van der Waals surface area contributed by atoms with Crippen molar-refractivity contribution in [2.75, 3.05) is 32.7 Å². The van der Waals surface area contributed by atoms with Crippen molar-refractivity contribution in [3.63, 3.8) is 0 Å². The number of hydrogen-bond acceptors (Lipinski definition) is 4. The highest BCUT2D eigenvalue weighted by molar-refractivity contribution is 5.76. The van der Waals surface area contributed by atoms with Gasteiger partial charge in [0, 0.05) is 51.1 Å². The van der Waals surface area contributed by atoms with Crippen LogP contribution in [0.15, 0.2) is 10.9 Å². The third-order valence-corrected chi connectivity index (χ3v) is 5.60. The highest BCUT2D eigenvalue weighted by Gasteiger charge is 2.29. The van der Waals surface area contributed by atoms with Gasteiger partial charge < -0.3 is 9.80 Å². The van der Waals surface area contributed by atoms with Gasteiger partial charge in [0.15, 0.2) is 0 Å². The van der Waals surface area contributed by atoms with Crippen molar-refractivity contribution in [2.24, 2.45) is 5.92 Å². The molecule has 0 unspecified atom stereocenters. The average molecular weight is 330 g/mol. The van der Waals surface area contributed by atoms with E-state index < -0.39 is 0 Å². The number of carbonyl (C=O) groups is 1. The van der Waals surface area contributed by atoms with Crippen LogP contribution in [0.1, 0.15) is 36.9 Å². The van der Waals surface area contributed by atoms with E-state index in [4.69, 9.17) is 0 Å². The summed E-state index contributed by atoms with van der Waals surface area (Å²) in [6, 6.07) is 1.79. The fraction of sp³-hybridized carbons (Fsp3) is 0.722. The molecule has 1 aliphatic carbocycles. The molecule has 24 heavy (non-hydrogen) atoms. The van der Waals surface area contributed by atoms with Crippen LogP contribution in [0.4, 0.5) is 0 Å². The van der Waals surface area contributed by atoms with Gasteiger partial charge in [0.2, 0.25) is 5.91 Å². The van der Waals surface area contributed by atoms with Crippen LogP contribution < -0.4 is 5.56 Å². The van der Waals surface area contributed by atoms with E-state index in [0.717, 1.165) is 89.1 Å². The van der Waals surface area contributed by atoms with Gasteiger partial charge >= 0.3 is 0 Å². The summed E-state index contributed by atoms with van der Waals surface area (Å²) in [5.41, 5.74) is 2.32. The maximum atomic E-state index is 12.1. The zero-order valence-electron chi connectivity index (χ0n) is 14.2. The lowest BCUT2D eigenvalue weighted by atomic mass is 10.00. The minimum absolute atomic E-state index is 0.0491. The lowest BCUT2D eigenvalue weighted by Crippen LogP contribution is -2.52. The van der Waals surface area contributed by atoms with E-state index in [1.54, 1.807) is 10.7 Å². The Hall–Kier alpha value is -1.69. The number of likely N-dealkylation sites (tertiary alicyclic amines) is 2. The monoisotopic (exact) mass is 330 g/mol. The zero-order chi connectivity index (χ0) is 16.5. The van der Waals surface area contributed by atoms with Gasteiger partial charge in [0.05, 0.1) is 12.2 Å². The van der Waals surface area contributed by atoms with E-state index in [9.17, 15) is 9.59 Å². The second-order valence-corrected chi connectivity index (χ2v) is 7.45. The molecule has 3 heterocycles. The molecule has 1 aromatic heterocycles. The first-order valence-electron chi connectivity index (χ1n) is 9.29. The molecule has 0 N–H and O–H groups in total. The van der Waals surface area contributed by atoms with E-state index in [1.807, 2.05) is 4.90 Å². The van der Waals surface area contributed by atoms with Crippen LogP contribution >= 0.6 is 0 Å². The summed E-state index contributed by atoms with van der Waals surface area (Å²) >= 11 is 0. The Labute approximate surface area is 142 Å². The summed E-state index contributed by atoms with van der Waals surface area (Å²) in [5.74, 6) is 0.818. The van der Waals surface area contributed by atoms with E-state index in [2.05, 4.69) is 10.00 Å². The molecule has 1 aromatic rings. The normalized spacial score (nSPS) is 21.8. The van der Waals surface area contributed by atoms with Crippen LogP contribution in [0.2, 0.25) is 0 Å². The van der Waals surface area contributed by atoms with Gasteiger partial charge in [0.1, 0.15) is 0 Å². The van der Waals surface area contributed by atoms with Crippen molar-refractivity contribution >= 4 is 5.91 Å². The molecule has 1 amide bonds. The minimum Gasteiger partial charge on any atom is -0.341 e. The third-order valence-electron chi connectivity index (χ3n) is 5.60. The van der Waals surface area contributed by atoms with Crippen LogP contribution in [-0.4, -0.2) is 58.2 Å². The molecule has 2 fully saturated rings. The molecule has 2 aliphatic heterocycles. The van der Waals surface area contributed by atoms with Crippen molar-refractivity contribution < 1.29 is 4.79 Å². The molecule has 0 atom stereocenters. The van der Waals surface area contributed by atoms with Crippen LogP contribution in [-0.2, 0) is 24.2 Å². The topological polar surface area (TPSA) is 58.4 Å². The van der Waals surface area contributed by atoms with Gasteiger partial charge in [-0.25, -0.2) is 4.68 Å². The molecule has 0 spiro atoms. The summed E-state index contributed by atoms with van der Waals surface area (Å²) in [6.07, 6.45) is 6.04. The second-order valence-electron chi connectivity index (χ2n) is 7.45. The maximum absolute atomic E-state index is 12.1. The van der Waals surface area contributed by atoms with Crippen LogP contribution in [0.25, 0.3) is 0 Å². The first-order valence-corrected chi connectivity index (χ1v) is 9.29. The first-order chi connectivity index (χ1) is 11.7. The van der Waals surface area contributed by atoms with E-state index in [1.165, 1.54) is 0 Å². The number of rotatable bonds is 5. The Morgan fingerprint density at radius 2 is 1.92 bits per heavy atom. The molecule has 0 bridgehead atoms. The fourth-order valence-electron chi connectivity index (χ4n) is 4.15. The number of piperidine rings is 1. The molecule has 2 saturated heterocycles. The number of carbonyl (C=O) groups excluding carboxylic acids is 1. The smallest absolute Gasteiger partial charge is 0.267 e. The number of amides is 1. The van der Waals surface area contributed by atoms with Gasteiger partial charge in [-0.15, -0.1) is 0 Å². The molecule has 6 nitrogen and oxygen atoms in total. The van der Waals surface area contributed by atoms with Crippen molar-refractivity contribution in [1.29, 1.82) is 0 Å². The Bertz CT molecular complexity index is 678. The SMILES string of the molecule is O=C1CCCCN1CCN1CC(Cn2nc3c(cc2=O)CCC3)C1. The molecule has 0 aromatic carbocycles. The van der Waals surface area contributed by atoms with Gasteiger partial charge in [-0.05, 0) is 37.7 Å². The predicted octanol–water partition coefficient (Wildman–Crippen LogP) is 0.676. The molecule has 130 valence electrons. The number of aryl methyl sites for hydroxylation is 2. The van der Waals surface area contributed by atoms with Crippen LogP contribution in [0.3, 0.4) is 0 Å². The molecule has 4 rings (SSSR count). The molecule has 3 aliphatic rings. The van der Waals surface area contributed by atoms with Gasteiger partial charge in [-0.3, -0.25) is 9.59 Å². The highest BCUT2D eigenvalue weighted by Crippen LogP contribution is 2.20. The van der Waals surface area contributed by atoms with E-state index in [-0.39, 0.29) is 5.56 Å². The second kappa shape index (κ2) is 6.67. The van der Waals surface area contributed by atoms with Crippen LogP contribution in [0.5, 0.6) is 0 Å². The summed E-state index contributed by atoms with van der Waals surface area (Å²) in [7, 11) is 0. The largest absolute Gasteiger partial charge is 0.341 e. The lowest BCUT2D eigenvalue weighted by molar-refractivity contribution is -0.133. The van der Waals surface area contributed by atoms with Gasteiger partial charge in [-0.2, -0.15) is 5.10 Å². The van der Waals surface area contributed by atoms with Crippen molar-refractivity contribution in [1.82, 2.24) is 19.6 Å². The van der Waals surface area contributed by atoms with Crippen molar-refractivity contribution in [2.45, 2.75) is 45.1 Å². The van der Waals surface area contributed by atoms with Gasteiger partial charge in [-0.1, -0.05) is 0 Å². The highest BCUT2D eigenvalue weighted by atomic mass is 16.2. The summed E-state index contributed by atoms with van der Waals surface area (Å²) in [5, 5.41) is 4.56. The maximum Gasteiger partial charge on any atom is 0.267 e. The zero-order valence-corrected chi connectivity index (χ0v) is 14.2. The number of nitrogens with zero attached hydrogens (tertiary/aromatic N) is 4. The van der Waals surface area contributed by atoms with Crippen LogP contribution in [0, 0.1) is 5.92 Å². The Kier molecular flexibility index (Phi) is 4.39. The van der Waals surface area contributed by atoms with Crippen molar-refractivity contribution in [3.05, 3.63) is 27.7 Å². The Morgan fingerprint density at radius 1 is 1.04 bits per heavy atom. The first kappa shape index (κ1) is 15.8. The Morgan fingerprint density at radius 3 is 2.75 bits per heavy atom. The third kappa shape index (κ3) is 3.24. The molecular formula is C18H26N4O2. The fourth-order valence-corrected chi connectivity index (χ4v) is 4.15. The predicted molar refractivity (Wildman–Crippen MR) is 90.9 cm³/mol. The number of fused-ring (bicyclic) bond motifs is 1. The average Bonchev–Trinajstić information content (AvgIpc) is 2.98. The standard InChI is InChI=1S/C18H26N4O2/c23-17-6-1-2-7-21(17)9-8-20-11-14(12-20)13-22-18(24)10-15-4-3-5-16(15)19-22/h10,14H,1-9,11-13H2. The quantitative estimate of drug-likeness (QED) is 0.796. The Balaban J connectivity index is 1.25. The summed E-state index contributed by atoms with van der Waals surface area (Å²) in [4.78, 5) is 28.3. The van der Waals surface area contributed by atoms with Crippen molar-refractivity contribution in [3.8, 4) is 0 Å². The van der Waals surface area contributed by atoms with E-state index >= 15 is 0 Å². The number of hydrogen-bond donors (Lipinski definition) is 0. The van der Waals surface area contributed by atoms with E-state index in [0.29, 0.717) is 11.8 Å².